The van der Waals surface area contributed by atoms with Crippen LogP contribution >= 0.6 is 0 Å². The lowest BCUT2D eigenvalue weighted by Crippen LogP contribution is -2.50. The maximum atomic E-state index is 12.2. The van der Waals surface area contributed by atoms with Gasteiger partial charge in [0.2, 0.25) is 0 Å². The van der Waals surface area contributed by atoms with Crippen molar-refractivity contribution in [2.24, 2.45) is 34.5 Å². The first-order chi connectivity index (χ1) is 14.3. The number of ketones is 1. The van der Waals surface area contributed by atoms with Crippen molar-refractivity contribution in [1.29, 1.82) is 0 Å². The van der Waals surface area contributed by atoms with Gasteiger partial charge in [-0.3, -0.25) is 4.79 Å². The summed E-state index contributed by atoms with van der Waals surface area (Å²) in [6.45, 7) is 8.79. The van der Waals surface area contributed by atoms with Crippen molar-refractivity contribution in [3.8, 4) is 0 Å². The molecule has 0 saturated heterocycles. The molecule has 3 fully saturated rings. The van der Waals surface area contributed by atoms with Gasteiger partial charge in [-0.05, 0) is 93.8 Å². The number of aliphatic hydroxyl groups excluding tert-OH is 1. The van der Waals surface area contributed by atoms with Gasteiger partial charge >= 0.3 is 0 Å². The lowest BCUT2D eigenvalue weighted by atomic mass is 9.47. The highest BCUT2D eigenvalue weighted by atomic mass is 16.3. The van der Waals surface area contributed by atoms with Gasteiger partial charge in [0, 0.05) is 5.92 Å². The molecular formula is C28H40O2. The molecular weight excluding hydrogens is 368 g/mol. The minimum absolute atomic E-state index is 0.117. The Morgan fingerprint density at radius 2 is 1.73 bits per heavy atom. The van der Waals surface area contributed by atoms with Gasteiger partial charge < -0.3 is 5.11 Å². The van der Waals surface area contributed by atoms with E-state index >= 15 is 0 Å². The Labute approximate surface area is 183 Å². The molecule has 0 aliphatic heterocycles. The van der Waals surface area contributed by atoms with E-state index in [1.54, 1.807) is 5.57 Å². The van der Waals surface area contributed by atoms with Crippen LogP contribution in [0.25, 0.3) is 0 Å². The van der Waals surface area contributed by atoms with Crippen LogP contribution in [-0.4, -0.2) is 17.0 Å². The zero-order chi connectivity index (χ0) is 21.5. The fourth-order valence-corrected chi connectivity index (χ4v) is 7.84. The Hall–Kier alpha value is -1.41. The summed E-state index contributed by atoms with van der Waals surface area (Å²) in [5.74, 6) is 3.00. The van der Waals surface area contributed by atoms with Crippen LogP contribution in [0.2, 0.25) is 0 Å². The molecule has 164 valence electrons. The Balaban J connectivity index is 0.000000265. The number of fused-ring (bicyclic) bond motifs is 5. The average Bonchev–Trinajstić information content (AvgIpc) is 3.07. The van der Waals surface area contributed by atoms with Crippen LogP contribution in [0, 0.1) is 41.4 Å². The molecule has 5 rings (SSSR count). The number of carbonyl (C=O) groups excluding carboxylic acids is 1. The molecule has 1 aromatic carbocycles. The molecule has 0 spiro atoms. The monoisotopic (exact) mass is 408 g/mol. The highest BCUT2D eigenvalue weighted by molar-refractivity contribution is 5.79. The summed E-state index contributed by atoms with van der Waals surface area (Å²) in [7, 11) is 0. The number of carbonyl (C=O) groups is 1. The number of rotatable bonds is 1. The third kappa shape index (κ3) is 3.70. The second-order valence-electron chi connectivity index (χ2n) is 11.1. The van der Waals surface area contributed by atoms with Crippen LogP contribution in [-0.2, 0) is 4.79 Å². The molecule has 4 aliphatic rings. The fourth-order valence-electron chi connectivity index (χ4n) is 7.84. The molecule has 0 bridgehead atoms. The molecule has 3 unspecified atom stereocenters. The Morgan fingerprint density at radius 3 is 2.37 bits per heavy atom. The van der Waals surface area contributed by atoms with Crippen molar-refractivity contribution < 1.29 is 9.90 Å². The maximum Gasteiger partial charge on any atom is 0.133 e. The van der Waals surface area contributed by atoms with Gasteiger partial charge in [0.1, 0.15) is 5.78 Å². The largest absolute Gasteiger partial charge is 0.393 e. The lowest BCUT2D eigenvalue weighted by molar-refractivity contribution is -0.127. The Morgan fingerprint density at radius 1 is 1.00 bits per heavy atom. The van der Waals surface area contributed by atoms with Gasteiger partial charge in [-0.25, -0.2) is 0 Å². The van der Waals surface area contributed by atoms with E-state index in [0.29, 0.717) is 17.1 Å². The van der Waals surface area contributed by atoms with Gasteiger partial charge in [-0.15, -0.1) is 0 Å². The standard InChI is InChI=1S/C21H32O2.C7H8/c1-13(22)17-6-7-18-16-5-4-14-12-15(23)8-10-20(14,2)19(16)9-11-21(17,18)3;1-7-5-3-2-4-6-7/h4,15-19,23H,5-12H2,1-3H3;2-6H,1H3/t15-,16?,17+,18?,19?,20-,21+;/m0./s1. The van der Waals surface area contributed by atoms with Crippen LogP contribution in [0.5, 0.6) is 0 Å². The minimum atomic E-state index is -0.117. The van der Waals surface area contributed by atoms with E-state index in [1.165, 1.54) is 31.2 Å². The first kappa shape index (κ1) is 21.8. The molecule has 0 radical (unpaired) electrons. The lowest BCUT2D eigenvalue weighted by Gasteiger charge is -2.57. The molecule has 0 heterocycles. The van der Waals surface area contributed by atoms with Crippen LogP contribution in [0.3, 0.4) is 0 Å². The normalized spacial score (nSPS) is 42.0. The number of hydrogen-bond donors (Lipinski definition) is 1. The van der Waals surface area contributed by atoms with E-state index in [2.05, 4.69) is 39.0 Å². The van der Waals surface area contributed by atoms with E-state index in [-0.39, 0.29) is 11.5 Å². The number of allylic oxidation sites excluding steroid dienone is 1. The molecule has 1 N–H and O–H groups in total. The third-order valence-electron chi connectivity index (χ3n) is 9.51. The van der Waals surface area contributed by atoms with E-state index in [9.17, 15) is 9.90 Å². The molecule has 0 amide bonds. The van der Waals surface area contributed by atoms with Gasteiger partial charge in [0.15, 0.2) is 0 Å². The first-order valence-corrected chi connectivity index (χ1v) is 12.2. The van der Waals surface area contributed by atoms with Crippen LogP contribution in [0.15, 0.2) is 42.0 Å². The first-order valence-electron chi connectivity index (χ1n) is 12.2. The van der Waals surface area contributed by atoms with Crippen molar-refractivity contribution in [1.82, 2.24) is 0 Å². The topological polar surface area (TPSA) is 37.3 Å². The van der Waals surface area contributed by atoms with Crippen molar-refractivity contribution >= 4 is 5.78 Å². The van der Waals surface area contributed by atoms with Crippen molar-refractivity contribution in [2.75, 3.05) is 0 Å². The summed E-state index contributed by atoms with van der Waals surface area (Å²) in [6, 6.07) is 10.3. The molecule has 3 saturated carbocycles. The molecule has 0 aromatic heterocycles. The number of hydrogen-bond acceptors (Lipinski definition) is 2. The van der Waals surface area contributed by atoms with Gasteiger partial charge in [0.25, 0.3) is 0 Å². The van der Waals surface area contributed by atoms with Gasteiger partial charge in [-0.2, -0.15) is 0 Å². The van der Waals surface area contributed by atoms with Crippen LogP contribution < -0.4 is 0 Å². The third-order valence-corrected chi connectivity index (χ3v) is 9.51. The summed E-state index contributed by atoms with van der Waals surface area (Å²) < 4.78 is 0. The van der Waals surface area contributed by atoms with E-state index in [1.807, 2.05) is 25.1 Å². The maximum absolute atomic E-state index is 12.2. The summed E-state index contributed by atoms with van der Waals surface area (Å²) >= 11 is 0. The average molecular weight is 409 g/mol. The van der Waals surface area contributed by atoms with Crippen LogP contribution in [0.1, 0.15) is 77.7 Å². The van der Waals surface area contributed by atoms with Crippen molar-refractivity contribution in [2.45, 2.75) is 85.2 Å². The zero-order valence-corrected chi connectivity index (χ0v) is 19.4. The molecule has 7 atom stereocenters. The number of benzene rings is 1. The Kier molecular flexibility index (Phi) is 6.01. The number of aryl methyl sites for hydroxylation is 1. The summed E-state index contributed by atoms with van der Waals surface area (Å²) in [5.41, 5.74) is 3.44. The Bertz CT molecular complexity index is 796. The van der Waals surface area contributed by atoms with E-state index in [4.69, 9.17) is 0 Å². The quantitative estimate of drug-likeness (QED) is 0.538. The van der Waals surface area contributed by atoms with E-state index in [0.717, 1.165) is 43.4 Å². The fraction of sp³-hybridized carbons (Fsp3) is 0.679. The van der Waals surface area contributed by atoms with E-state index < -0.39 is 0 Å². The van der Waals surface area contributed by atoms with Gasteiger partial charge in [0.05, 0.1) is 6.10 Å². The molecule has 2 heteroatoms. The smallest absolute Gasteiger partial charge is 0.133 e. The second-order valence-corrected chi connectivity index (χ2v) is 11.1. The SMILES string of the molecule is CC(=O)[C@H]1CCC2C3CC=C4C[C@@H](O)CC[C@]4(C)C3CC[C@@]21C.Cc1ccccc1. The van der Waals surface area contributed by atoms with Crippen molar-refractivity contribution in [3.63, 3.8) is 0 Å². The number of Topliss-reactive ketones (excluding diaryl/α,β-unsaturated/α-hetero) is 1. The summed E-state index contributed by atoms with van der Waals surface area (Å²) in [4.78, 5) is 12.2. The predicted octanol–water partition coefficient (Wildman–Crippen LogP) is 6.51. The zero-order valence-electron chi connectivity index (χ0n) is 19.4. The minimum Gasteiger partial charge on any atom is -0.393 e. The molecule has 2 nitrogen and oxygen atoms in total. The summed E-state index contributed by atoms with van der Waals surface area (Å²) in [5, 5.41) is 10.1. The predicted molar refractivity (Wildman–Crippen MR) is 123 cm³/mol. The number of aliphatic hydroxyl groups is 1. The highest BCUT2D eigenvalue weighted by Crippen LogP contribution is 2.66. The molecule has 4 aliphatic carbocycles. The summed E-state index contributed by atoms with van der Waals surface area (Å²) in [6.07, 6.45) is 11.5. The second kappa shape index (κ2) is 8.26. The molecule has 1 aromatic rings. The van der Waals surface area contributed by atoms with Gasteiger partial charge in [-0.1, -0.05) is 61.4 Å². The molecule has 30 heavy (non-hydrogen) atoms. The van der Waals surface area contributed by atoms with Crippen molar-refractivity contribution in [3.05, 3.63) is 47.5 Å². The highest BCUT2D eigenvalue weighted by Gasteiger charge is 2.59. The van der Waals surface area contributed by atoms with Crippen LogP contribution in [0.4, 0.5) is 0 Å².